The van der Waals surface area contributed by atoms with Gasteiger partial charge in [0.15, 0.2) is 0 Å². The lowest BCUT2D eigenvalue weighted by molar-refractivity contribution is -0.163. The molecule has 0 bridgehead atoms. The Bertz CT molecular complexity index is 1040. The molecule has 0 saturated carbocycles. The summed E-state index contributed by atoms with van der Waals surface area (Å²) >= 11 is 0. The number of halogens is 1. The quantitative estimate of drug-likeness (QED) is 0.611. The minimum Gasteiger partial charge on any atom is -0.481 e. The maximum atomic E-state index is 13.7. The predicted molar refractivity (Wildman–Crippen MR) is 114 cm³/mol. The highest BCUT2D eigenvalue weighted by atomic mass is 19.1. The first-order valence-electron chi connectivity index (χ1n) is 10.4. The van der Waals surface area contributed by atoms with Crippen LogP contribution in [0.1, 0.15) is 23.1 Å². The van der Waals surface area contributed by atoms with Crippen LogP contribution in [0, 0.1) is 11.2 Å². The van der Waals surface area contributed by atoms with E-state index in [4.69, 9.17) is 0 Å². The first-order valence-corrected chi connectivity index (χ1v) is 10.4. The molecule has 31 heavy (non-hydrogen) atoms. The molecule has 1 aromatic heterocycles. The smallest absolute Gasteiger partial charge is 0.313 e. The molecule has 1 fully saturated rings. The van der Waals surface area contributed by atoms with Crippen molar-refractivity contribution in [1.82, 2.24) is 14.7 Å². The number of hydrogen-bond donors (Lipinski definition) is 2. The Labute approximate surface area is 180 Å². The van der Waals surface area contributed by atoms with Crippen LogP contribution in [0.5, 0.6) is 0 Å². The Kier molecular flexibility index (Phi) is 6.15. The molecule has 2 heterocycles. The van der Waals surface area contributed by atoms with Crippen LogP contribution in [0.15, 0.2) is 67.0 Å². The number of rotatable bonds is 7. The Morgan fingerprint density at radius 2 is 1.90 bits per heavy atom. The zero-order valence-electron chi connectivity index (χ0n) is 17.2. The van der Waals surface area contributed by atoms with Crippen LogP contribution in [0.25, 0.3) is 0 Å². The predicted octanol–water partition coefficient (Wildman–Crippen LogP) is 2.95. The Balaban J connectivity index is 1.56. The van der Waals surface area contributed by atoms with Gasteiger partial charge in [-0.05, 0) is 47.7 Å². The molecule has 4 rings (SSSR count). The van der Waals surface area contributed by atoms with E-state index in [1.807, 2.05) is 41.2 Å². The number of aromatic nitrogens is 2. The van der Waals surface area contributed by atoms with E-state index in [2.05, 4.69) is 10.00 Å². The molecule has 2 atom stereocenters. The van der Waals surface area contributed by atoms with Crippen molar-refractivity contribution in [3.05, 3.63) is 89.5 Å². The molecule has 2 aromatic carbocycles. The van der Waals surface area contributed by atoms with E-state index in [9.17, 15) is 19.4 Å². The third-order valence-corrected chi connectivity index (χ3v) is 6.10. The molecule has 7 heteroatoms. The van der Waals surface area contributed by atoms with E-state index in [1.165, 1.54) is 12.1 Å². The van der Waals surface area contributed by atoms with Crippen molar-refractivity contribution in [2.45, 2.75) is 32.0 Å². The van der Waals surface area contributed by atoms with Gasteiger partial charge in [-0.1, -0.05) is 36.4 Å². The summed E-state index contributed by atoms with van der Waals surface area (Å²) in [6, 6.07) is 15.9. The van der Waals surface area contributed by atoms with Crippen LogP contribution in [0.2, 0.25) is 0 Å². The Morgan fingerprint density at radius 1 is 1.13 bits per heavy atom. The molecule has 0 aliphatic carbocycles. The van der Waals surface area contributed by atoms with E-state index >= 15 is 0 Å². The van der Waals surface area contributed by atoms with Crippen LogP contribution in [-0.4, -0.2) is 50.1 Å². The van der Waals surface area contributed by atoms with Crippen LogP contribution in [-0.2, 0) is 24.3 Å². The van der Waals surface area contributed by atoms with E-state index in [0.717, 1.165) is 11.1 Å². The molecule has 1 aliphatic heterocycles. The molecule has 0 radical (unpaired) electrons. The lowest BCUT2D eigenvalue weighted by Crippen LogP contribution is -2.56. The standard InChI is InChI=1S/C24H26FN3O3/c25-21-8-3-5-18(13-21)14-24(23(30)31)17-27(12-9-22(24)29)15-19-6-1-2-7-20(19)16-28-11-4-10-26-28/h1-8,10-11,13,22,29H,9,12,14-17H2,(H,30,31)/t22-,24+/m0/s1. The number of piperidine rings is 1. The topological polar surface area (TPSA) is 78.6 Å². The highest BCUT2D eigenvalue weighted by Crippen LogP contribution is 2.35. The summed E-state index contributed by atoms with van der Waals surface area (Å²) < 4.78 is 15.5. The van der Waals surface area contributed by atoms with Gasteiger partial charge in [0, 0.05) is 32.0 Å². The van der Waals surface area contributed by atoms with Crippen molar-refractivity contribution >= 4 is 5.97 Å². The number of aliphatic carboxylic acids is 1. The minimum atomic E-state index is -1.39. The van der Waals surface area contributed by atoms with Crippen molar-refractivity contribution in [1.29, 1.82) is 0 Å². The van der Waals surface area contributed by atoms with Crippen LogP contribution >= 0.6 is 0 Å². The van der Waals surface area contributed by atoms with Crippen LogP contribution in [0.4, 0.5) is 4.39 Å². The first kappa shape index (κ1) is 21.2. The number of carboxylic acids is 1. The molecular formula is C24H26FN3O3. The minimum absolute atomic E-state index is 0.0761. The maximum absolute atomic E-state index is 13.7. The monoisotopic (exact) mass is 423 g/mol. The van der Waals surface area contributed by atoms with Gasteiger partial charge in [0.1, 0.15) is 11.2 Å². The summed E-state index contributed by atoms with van der Waals surface area (Å²) in [6.07, 6.45) is 3.07. The van der Waals surface area contributed by atoms with Crippen molar-refractivity contribution in [3.8, 4) is 0 Å². The average molecular weight is 423 g/mol. The second-order valence-electron chi connectivity index (χ2n) is 8.26. The molecule has 2 N–H and O–H groups in total. The van der Waals surface area contributed by atoms with Gasteiger partial charge in [-0.2, -0.15) is 5.10 Å². The van der Waals surface area contributed by atoms with Crippen LogP contribution < -0.4 is 0 Å². The van der Waals surface area contributed by atoms with Crippen molar-refractivity contribution in [3.63, 3.8) is 0 Å². The zero-order chi connectivity index (χ0) is 21.8. The molecule has 0 unspecified atom stereocenters. The summed E-state index contributed by atoms with van der Waals surface area (Å²) in [5.74, 6) is -1.47. The Hall–Kier alpha value is -3.03. The van der Waals surface area contributed by atoms with Gasteiger partial charge in [-0.15, -0.1) is 0 Å². The molecule has 1 saturated heterocycles. The number of aliphatic hydroxyl groups is 1. The van der Waals surface area contributed by atoms with Crippen molar-refractivity contribution in [2.75, 3.05) is 13.1 Å². The summed E-state index contributed by atoms with van der Waals surface area (Å²) in [6.45, 7) is 1.99. The van der Waals surface area contributed by atoms with Gasteiger partial charge < -0.3 is 10.2 Å². The van der Waals surface area contributed by atoms with E-state index in [0.29, 0.717) is 31.6 Å². The third kappa shape index (κ3) is 4.68. The molecule has 1 aliphatic rings. The highest BCUT2D eigenvalue weighted by Gasteiger charge is 2.49. The lowest BCUT2D eigenvalue weighted by Gasteiger charge is -2.43. The number of carboxylic acid groups (broad SMARTS) is 1. The van der Waals surface area contributed by atoms with Gasteiger partial charge in [0.25, 0.3) is 0 Å². The van der Waals surface area contributed by atoms with Gasteiger partial charge in [0.05, 0.1) is 12.6 Å². The van der Waals surface area contributed by atoms with Gasteiger partial charge in [-0.25, -0.2) is 4.39 Å². The fourth-order valence-corrected chi connectivity index (χ4v) is 4.45. The SMILES string of the molecule is O=C(O)[C@]1(Cc2cccc(F)c2)CN(Cc2ccccc2Cn2cccn2)CC[C@@H]1O. The van der Waals surface area contributed by atoms with E-state index < -0.39 is 23.3 Å². The maximum Gasteiger partial charge on any atom is 0.313 e. The molecule has 0 spiro atoms. The molecule has 6 nitrogen and oxygen atoms in total. The number of likely N-dealkylation sites (tertiary alicyclic amines) is 1. The summed E-state index contributed by atoms with van der Waals surface area (Å²) in [4.78, 5) is 14.4. The lowest BCUT2D eigenvalue weighted by atomic mass is 9.72. The fraction of sp³-hybridized carbons (Fsp3) is 0.333. The number of carbonyl (C=O) groups is 1. The number of nitrogens with zero attached hydrogens (tertiary/aromatic N) is 3. The van der Waals surface area contributed by atoms with Crippen molar-refractivity contribution < 1.29 is 19.4 Å². The summed E-state index contributed by atoms with van der Waals surface area (Å²) in [7, 11) is 0. The normalized spacial score (nSPS) is 21.8. The highest BCUT2D eigenvalue weighted by molar-refractivity contribution is 5.76. The average Bonchev–Trinajstić information content (AvgIpc) is 3.25. The fourth-order valence-electron chi connectivity index (χ4n) is 4.45. The van der Waals surface area contributed by atoms with Gasteiger partial charge in [0.2, 0.25) is 0 Å². The number of aliphatic hydroxyl groups excluding tert-OH is 1. The second kappa shape index (κ2) is 8.99. The first-order chi connectivity index (χ1) is 15.0. The van der Waals surface area contributed by atoms with Crippen LogP contribution in [0.3, 0.4) is 0 Å². The van der Waals surface area contributed by atoms with Crippen molar-refractivity contribution in [2.24, 2.45) is 5.41 Å². The Morgan fingerprint density at radius 3 is 2.58 bits per heavy atom. The number of benzene rings is 2. The molecule has 0 amide bonds. The zero-order valence-corrected chi connectivity index (χ0v) is 17.2. The third-order valence-electron chi connectivity index (χ3n) is 6.10. The molecule has 3 aromatic rings. The molecule has 162 valence electrons. The van der Waals surface area contributed by atoms with E-state index in [-0.39, 0.29) is 13.0 Å². The largest absolute Gasteiger partial charge is 0.481 e. The summed E-state index contributed by atoms with van der Waals surface area (Å²) in [5, 5.41) is 25.1. The number of hydrogen-bond acceptors (Lipinski definition) is 4. The second-order valence-corrected chi connectivity index (χ2v) is 8.26. The van der Waals surface area contributed by atoms with Gasteiger partial charge >= 0.3 is 5.97 Å². The summed E-state index contributed by atoms with van der Waals surface area (Å²) in [5.41, 5.74) is 1.40. The molecular weight excluding hydrogens is 397 g/mol. The van der Waals surface area contributed by atoms with E-state index in [1.54, 1.807) is 18.3 Å². The van der Waals surface area contributed by atoms with Gasteiger partial charge in [-0.3, -0.25) is 14.4 Å².